The monoisotopic (exact) mass is 1140 g/mol. The maximum atomic E-state index is 12.9. The molecule has 0 bridgehead atoms. The van der Waals surface area contributed by atoms with Crippen LogP contribution in [-0.4, -0.2) is 37.2 Å². The summed E-state index contributed by atoms with van der Waals surface area (Å²) in [5.74, 6) is -0.939. The van der Waals surface area contributed by atoms with Gasteiger partial charge in [0.15, 0.2) is 6.10 Å². The largest absolute Gasteiger partial charge is 0.462 e. The van der Waals surface area contributed by atoms with Gasteiger partial charge >= 0.3 is 17.9 Å². The third-order valence-electron chi connectivity index (χ3n) is 15.3. The van der Waals surface area contributed by atoms with Crippen LogP contribution in [0.25, 0.3) is 0 Å². The fourth-order valence-electron chi connectivity index (χ4n) is 10.1. The molecule has 6 nitrogen and oxygen atoms in total. The minimum absolute atomic E-state index is 0.0959. The van der Waals surface area contributed by atoms with Crippen LogP contribution in [0.1, 0.15) is 348 Å². The first-order valence-electron chi connectivity index (χ1n) is 35.2. The molecule has 0 radical (unpaired) electrons. The van der Waals surface area contributed by atoms with Crippen molar-refractivity contribution in [2.75, 3.05) is 13.2 Å². The molecule has 0 amide bonds. The number of ether oxygens (including phenoxy) is 3. The smallest absolute Gasteiger partial charge is 0.306 e. The molecule has 0 rings (SSSR count). The molecule has 0 N–H and O–H groups in total. The highest BCUT2D eigenvalue weighted by atomic mass is 16.6. The van der Waals surface area contributed by atoms with Gasteiger partial charge in [0, 0.05) is 19.3 Å². The highest BCUT2D eigenvalue weighted by Crippen LogP contribution is 2.17. The molecule has 0 aliphatic heterocycles. The number of carbonyl (C=O) groups is 3. The van der Waals surface area contributed by atoms with E-state index >= 15 is 0 Å². The van der Waals surface area contributed by atoms with Gasteiger partial charge in [0.05, 0.1) is 0 Å². The normalized spacial score (nSPS) is 12.7. The number of carbonyl (C=O) groups excluding carboxylic acids is 3. The summed E-state index contributed by atoms with van der Waals surface area (Å²) in [5.41, 5.74) is 0. The lowest BCUT2D eigenvalue weighted by Gasteiger charge is -2.18. The van der Waals surface area contributed by atoms with Crippen molar-refractivity contribution in [1.82, 2.24) is 0 Å². The van der Waals surface area contributed by atoms with Crippen LogP contribution in [0.4, 0.5) is 0 Å². The van der Waals surface area contributed by atoms with Crippen LogP contribution in [0.3, 0.4) is 0 Å². The van der Waals surface area contributed by atoms with Crippen molar-refractivity contribution in [3.63, 3.8) is 0 Å². The minimum atomic E-state index is -0.806. The van der Waals surface area contributed by atoms with Crippen molar-refractivity contribution >= 4 is 17.9 Å². The first kappa shape index (κ1) is 78.3. The number of hydrogen-bond donors (Lipinski definition) is 0. The second kappa shape index (κ2) is 69.8. The first-order chi connectivity index (χ1) is 40.5. The molecule has 6 heteroatoms. The third kappa shape index (κ3) is 67.1. The summed E-state index contributed by atoms with van der Waals surface area (Å²) in [6.07, 6.45) is 94.5. The molecule has 82 heavy (non-hydrogen) atoms. The van der Waals surface area contributed by atoms with Crippen molar-refractivity contribution in [3.05, 3.63) is 97.2 Å². The van der Waals surface area contributed by atoms with Crippen LogP contribution in [-0.2, 0) is 28.6 Å². The molecule has 0 aromatic rings. The van der Waals surface area contributed by atoms with Gasteiger partial charge in [-0.25, -0.2) is 0 Å². The summed E-state index contributed by atoms with van der Waals surface area (Å²) in [7, 11) is 0. The molecule has 0 heterocycles. The van der Waals surface area contributed by atoms with Gasteiger partial charge in [-0.1, -0.05) is 330 Å². The minimum Gasteiger partial charge on any atom is -0.462 e. The SMILES string of the molecule is CC/C=C\C/C=C\C/C=C\C/C=C\C/C=C\CCCC(=O)OC(COC(=O)CCCCCCCCCCCCCCCC)COC(=O)CCCCCCCCCCCCCCCCCCCC/C=C\C/C=C\C/C=C\CCCCCCC. The summed E-state index contributed by atoms with van der Waals surface area (Å²) in [4.78, 5) is 38.3. The Labute approximate surface area is 508 Å². The molecule has 0 aromatic heterocycles. The van der Waals surface area contributed by atoms with Crippen LogP contribution >= 0.6 is 0 Å². The summed E-state index contributed by atoms with van der Waals surface area (Å²) in [6, 6.07) is 0. The molecule has 0 aliphatic rings. The van der Waals surface area contributed by atoms with Gasteiger partial charge in [-0.05, 0) is 96.3 Å². The highest BCUT2D eigenvalue weighted by molar-refractivity contribution is 5.71. The van der Waals surface area contributed by atoms with E-state index < -0.39 is 6.10 Å². The third-order valence-corrected chi connectivity index (χ3v) is 15.3. The molecule has 0 spiro atoms. The lowest BCUT2D eigenvalue weighted by atomic mass is 10.0. The lowest BCUT2D eigenvalue weighted by Crippen LogP contribution is -2.30. The Balaban J connectivity index is 4.22. The summed E-state index contributed by atoms with van der Waals surface area (Å²) < 4.78 is 16.9. The maximum absolute atomic E-state index is 12.9. The van der Waals surface area contributed by atoms with E-state index in [1.807, 2.05) is 0 Å². The molecule has 0 saturated heterocycles. The van der Waals surface area contributed by atoms with Crippen LogP contribution < -0.4 is 0 Å². The predicted octanol–water partition coefficient (Wildman–Crippen LogP) is 24.4. The van der Waals surface area contributed by atoms with E-state index in [1.54, 1.807) is 0 Å². The van der Waals surface area contributed by atoms with Crippen molar-refractivity contribution in [2.24, 2.45) is 0 Å². The molecule has 0 aliphatic carbocycles. The summed E-state index contributed by atoms with van der Waals surface area (Å²) >= 11 is 0. The van der Waals surface area contributed by atoms with Gasteiger partial charge in [0.2, 0.25) is 0 Å². The van der Waals surface area contributed by atoms with Gasteiger partial charge < -0.3 is 14.2 Å². The quantitative estimate of drug-likeness (QED) is 0.0261. The molecule has 472 valence electrons. The number of esters is 3. The number of rotatable bonds is 64. The Morgan fingerprint density at radius 2 is 0.488 bits per heavy atom. The molecule has 0 saturated carbocycles. The van der Waals surface area contributed by atoms with E-state index in [0.717, 1.165) is 89.9 Å². The first-order valence-corrected chi connectivity index (χ1v) is 35.2. The summed E-state index contributed by atoms with van der Waals surface area (Å²) in [6.45, 7) is 6.51. The van der Waals surface area contributed by atoms with E-state index in [2.05, 4.69) is 118 Å². The second-order valence-corrected chi connectivity index (χ2v) is 23.4. The average Bonchev–Trinajstić information content (AvgIpc) is 3.48. The van der Waals surface area contributed by atoms with E-state index in [1.165, 1.54) is 212 Å². The highest BCUT2D eigenvalue weighted by Gasteiger charge is 2.19. The van der Waals surface area contributed by atoms with E-state index in [4.69, 9.17) is 14.2 Å². The Kier molecular flexibility index (Phi) is 66.7. The van der Waals surface area contributed by atoms with Gasteiger partial charge in [-0.3, -0.25) is 14.4 Å². The fourth-order valence-corrected chi connectivity index (χ4v) is 10.1. The zero-order valence-corrected chi connectivity index (χ0v) is 54.2. The van der Waals surface area contributed by atoms with E-state index in [9.17, 15) is 14.4 Å². The fraction of sp³-hybridized carbons (Fsp3) is 0.750. The van der Waals surface area contributed by atoms with Gasteiger partial charge in [-0.15, -0.1) is 0 Å². The lowest BCUT2D eigenvalue weighted by molar-refractivity contribution is -0.167. The Morgan fingerprint density at radius 3 is 0.780 bits per heavy atom. The molecule has 0 fully saturated rings. The Hall–Kier alpha value is -3.67. The van der Waals surface area contributed by atoms with Crippen LogP contribution in [0.5, 0.6) is 0 Å². The van der Waals surface area contributed by atoms with Crippen molar-refractivity contribution in [1.29, 1.82) is 0 Å². The Bertz CT molecular complexity index is 1590. The van der Waals surface area contributed by atoms with E-state index in [-0.39, 0.29) is 37.5 Å². The van der Waals surface area contributed by atoms with Gasteiger partial charge in [0.25, 0.3) is 0 Å². The number of unbranched alkanes of at least 4 members (excludes halogenated alkanes) is 37. The second-order valence-electron chi connectivity index (χ2n) is 23.4. The maximum Gasteiger partial charge on any atom is 0.306 e. The number of allylic oxidation sites excluding steroid dienone is 16. The summed E-state index contributed by atoms with van der Waals surface area (Å²) in [5, 5.41) is 0. The Morgan fingerprint density at radius 1 is 0.256 bits per heavy atom. The van der Waals surface area contributed by atoms with Crippen molar-refractivity contribution < 1.29 is 28.6 Å². The van der Waals surface area contributed by atoms with Gasteiger partial charge in [0.1, 0.15) is 13.2 Å². The predicted molar refractivity (Wildman–Crippen MR) is 357 cm³/mol. The topological polar surface area (TPSA) is 78.9 Å². The molecule has 1 atom stereocenters. The zero-order valence-electron chi connectivity index (χ0n) is 54.2. The molecular weight excluding hydrogens is 1010 g/mol. The van der Waals surface area contributed by atoms with Crippen LogP contribution in [0.15, 0.2) is 97.2 Å². The van der Waals surface area contributed by atoms with Crippen molar-refractivity contribution in [2.45, 2.75) is 354 Å². The molecule has 1 unspecified atom stereocenters. The molecule has 0 aromatic carbocycles. The van der Waals surface area contributed by atoms with E-state index in [0.29, 0.717) is 19.3 Å². The van der Waals surface area contributed by atoms with Crippen LogP contribution in [0, 0.1) is 0 Å². The van der Waals surface area contributed by atoms with Crippen LogP contribution in [0.2, 0.25) is 0 Å². The average molecular weight is 1140 g/mol. The zero-order chi connectivity index (χ0) is 59.2. The number of hydrogen-bond acceptors (Lipinski definition) is 6. The van der Waals surface area contributed by atoms with Crippen molar-refractivity contribution in [3.8, 4) is 0 Å². The van der Waals surface area contributed by atoms with Gasteiger partial charge in [-0.2, -0.15) is 0 Å². The standard InChI is InChI=1S/C76H132O6/c1-4-7-10-13-16-19-22-25-28-30-31-32-33-34-35-36-37-38-39-40-41-42-43-44-45-47-48-51-54-57-60-63-66-69-75(78)81-72-73(71-80-74(77)68-65-62-59-56-53-50-27-24-21-18-15-12-9-6-3)82-76(79)70-67-64-61-58-55-52-49-46-29-26-23-20-17-14-11-8-5-2/h8,11,17,20,22,25-26,29-31,33-34,49,52,58,61,73H,4-7,9-10,12-16,18-19,21,23-24,27-28,32,35-48,50-51,53-57,59-60,62-72H2,1-3H3/b11-8-,20-17-,25-22-,29-26-,31-30-,34-33-,52-49-,61-58-. The molecular formula is C76H132O6.